The number of rotatable bonds is 3. The van der Waals surface area contributed by atoms with E-state index in [2.05, 4.69) is 0 Å². The second-order valence-corrected chi connectivity index (χ2v) is 4.65. The van der Waals surface area contributed by atoms with Crippen molar-refractivity contribution in [3.63, 3.8) is 0 Å². The maximum atomic E-state index is 10.3. The molecule has 2 unspecified atom stereocenters. The molecule has 0 bridgehead atoms. The van der Waals surface area contributed by atoms with Gasteiger partial charge in [-0.25, -0.2) is 0 Å². The molecule has 0 aromatic heterocycles. The largest absolute Gasteiger partial charge is 0.496 e. The molecule has 1 N–H and O–H groups in total. The van der Waals surface area contributed by atoms with E-state index in [-0.39, 0.29) is 5.92 Å². The SMILES string of the molecule is COc1ccc(C(O)C2CCCOC2)cc1C. The average molecular weight is 236 g/mol. The number of aryl methyl sites for hydroxylation is 1. The summed E-state index contributed by atoms with van der Waals surface area (Å²) < 4.78 is 10.6. The summed E-state index contributed by atoms with van der Waals surface area (Å²) in [6.07, 6.45) is 1.64. The van der Waals surface area contributed by atoms with Gasteiger partial charge in [0.05, 0.1) is 19.8 Å². The third-order valence-electron chi connectivity index (χ3n) is 3.40. The Kier molecular flexibility index (Phi) is 4.02. The summed E-state index contributed by atoms with van der Waals surface area (Å²) in [6.45, 7) is 3.48. The van der Waals surface area contributed by atoms with Gasteiger partial charge in [0.25, 0.3) is 0 Å². The maximum absolute atomic E-state index is 10.3. The van der Waals surface area contributed by atoms with Crippen molar-refractivity contribution in [2.75, 3.05) is 20.3 Å². The van der Waals surface area contributed by atoms with Crippen molar-refractivity contribution in [1.82, 2.24) is 0 Å². The van der Waals surface area contributed by atoms with E-state index in [1.807, 2.05) is 25.1 Å². The van der Waals surface area contributed by atoms with Crippen LogP contribution in [0.4, 0.5) is 0 Å². The first kappa shape index (κ1) is 12.4. The zero-order chi connectivity index (χ0) is 12.3. The highest BCUT2D eigenvalue weighted by molar-refractivity contribution is 5.37. The lowest BCUT2D eigenvalue weighted by Crippen LogP contribution is -2.23. The van der Waals surface area contributed by atoms with Crippen LogP contribution in [0.2, 0.25) is 0 Å². The Morgan fingerprint density at radius 3 is 2.88 bits per heavy atom. The van der Waals surface area contributed by atoms with E-state index in [4.69, 9.17) is 9.47 Å². The lowest BCUT2D eigenvalue weighted by Gasteiger charge is -2.27. The van der Waals surface area contributed by atoms with Crippen LogP contribution in [0.15, 0.2) is 18.2 Å². The predicted molar refractivity (Wildman–Crippen MR) is 66.2 cm³/mol. The first-order chi connectivity index (χ1) is 8.22. The van der Waals surface area contributed by atoms with E-state index in [1.165, 1.54) is 0 Å². The maximum Gasteiger partial charge on any atom is 0.121 e. The molecule has 2 rings (SSSR count). The Hall–Kier alpha value is -1.06. The van der Waals surface area contributed by atoms with E-state index < -0.39 is 6.10 Å². The highest BCUT2D eigenvalue weighted by atomic mass is 16.5. The third-order valence-corrected chi connectivity index (χ3v) is 3.40. The molecule has 1 aliphatic heterocycles. The number of hydrogen-bond donors (Lipinski definition) is 1. The number of methoxy groups -OCH3 is 1. The molecule has 1 saturated heterocycles. The molecular weight excluding hydrogens is 216 g/mol. The molecule has 94 valence electrons. The van der Waals surface area contributed by atoms with Gasteiger partial charge < -0.3 is 14.6 Å². The summed E-state index contributed by atoms with van der Waals surface area (Å²) in [4.78, 5) is 0. The molecule has 1 aromatic rings. The van der Waals surface area contributed by atoms with E-state index >= 15 is 0 Å². The van der Waals surface area contributed by atoms with Crippen LogP contribution in [0.5, 0.6) is 5.75 Å². The second kappa shape index (κ2) is 5.52. The van der Waals surface area contributed by atoms with Crippen molar-refractivity contribution in [2.24, 2.45) is 5.92 Å². The van der Waals surface area contributed by atoms with Gasteiger partial charge in [0.15, 0.2) is 0 Å². The Labute approximate surface area is 102 Å². The third kappa shape index (κ3) is 2.79. The van der Waals surface area contributed by atoms with Crippen LogP contribution in [-0.2, 0) is 4.74 Å². The highest BCUT2D eigenvalue weighted by Crippen LogP contribution is 2.30. The van der Waals surface area contributed by atoms with Gasteiger partial charge in [-0.15, -0.1) is 0 Å². The number of hydrogen-bond acceptors (Lipinski definition) is 3. The molecule has 0 spiro atoms. The van der Waals surface area contributed by atoms with Gasteiger partial charge in [0.2, 0.25) is 0 Å². The second-order valence-electron chi connectivity index (χ2n) is 4.65. The van der Waals surface area contributed by atoms with Crippen LogP contribution in [0.25, 0.3) is 0 Å². The van der Waals surface area contributed by atoms with Gasteiger partial charge in [-0.1, -0.05) is 6.07 Å². The van der Waals surface area contributed by atoms with Crippen molar-refractivity contribution >= 4 is 0 Å². The minimum Gasteiger partial charge on any atom is -0.496 e. The van der Waals surface area contributed by atoms with Crippen molar-refractivity contribution in [3.8, 4) is 5.75 Å². The molecule has 0 saturated carbocycles. The number of ether oxygens (including phenoxy) is 2. The summed E-state index contributed by atoms with van der Waals surface area (Å²) in [6, 6.07) is 5.85. The molecule has 3 heteroatoms. The molecule has 0 radical (unpaired) electrons. The monoisotopic (exact) mass is 236 g/mol. The fraction of sp³-hybridized carbons (Fsp3) is 0.571. The van der Waals surface area contributed by atoms with Crippen LogP contribution in [0.1, 0.15) is 30.1 Å². The molecule has 1 aromatic carbocycles. The van der Waals surface area contributed by atoms with Gasteiger partial charge in [-0.05, 0) is 43.0 Å². The number of aliphatic hydroxyl groups is 1. The van der Waals surface area contributed by atoms with Crippen molar-refractivity contribution in [1.29, 1.82) is 0 Å². The van der Waals surface area contributed by atoms with Gasteiger partial charge in [0, 0.05) is 12.5 Å². The summed E-state index contributed by atoms with van der Waals surface area (Å²) in [5.41, 5.74) is 2.01. The van der Waals surface area contributed by atoms with Gasteiger partial charge >= 0.3 is 0 Å². The summed E-state index contributed by atoms with van der Waals surface area (Å²) in [5, 5.41) is 10.3. The fourth-order valence-electron chi connectivity index (χ4n) is 2.37. The van der Waals surface area contributed by atoms with Gasteiger partial charge in [-0.2, -0.15) is 0 Å². The quantitative estimate of drug-likeness (QED) is 0.876. The molecule has 3 nitrogen and oxygen atoms in total. The van der Waals surface area contributed by atoms with E-state index in [0.29, 0.717) is 6.61 Å². The average Bonchev–Trinajstić information content (AvgIpc) is 2.39. The Bertz CT molecular complexity index is 370. The Morgan fingerprint density at radius 2 is 2.29 bits per heavy atom. The fourth-order valence-corrected chi connectivity index (χ4v) is 2.37. The summed E-state index contributed by atoms with van der Waals surface area (Å²) in [7, 11) is 1.66. The molecule has 1 fully saturated rings. The summed E-state index contributed by atoms with van der Waals surface area (Å²) in [5.74, 6) is 1.08. The molecule has 2 atom stereocenters. The van der Waals surface area contributed by atoms with Crippen molar-refractivity contribution in [3.05, 3.63) is 29.3 Å². The minimum atomic E-state index is -0.431. The molecular formula is C14H20O3. The lowest BCUT2D eigenvalue weighted by molar-refractivity contribution is -0.00999. The molecule has 0 amide bonds. The first-order valence-corrected chi connectivity index (χ1v) is 6.12. The van der Waals surface area contributed by atoms with Crippen LogP contribution in [0.3, 0.4) is 0 Å². The van der Waals surface area contributed by atoms with E-state index in [0.717, 1.165) is 36.3 Å². The highest BCUT2D eigenvalue weighted by Gasteiger charge is 2.23. The Morgan fingerprint density at radius 1 is 1.47 bits per heavy atom. The molecule has 17 heavy (non-hydrogen) atoms. The number of benzene rings is 1. The normalized spacial score (nSPS) is 22.2. The van der Waals surface area contributed by atoms with E-state index in [1.54, 1.807) is 7.11 Å². The summed E-state index contributed by atoms with van der Waals surface area (Å²) >= 11 is 0. The standard InChI is InChI=1S/C14H20O3/c1-10-8-11(5-6-13(10)16-2)14(15)12-4-3-7-17-9-12/h5-6,8,12,14-15H,3-4,7,9H2,1-2H3. The van der Waals surface area contributed by atoms with Gasteiger partial charge in [-0.3, -0.25) is 0 Å². The zero-order valence-electron chi connectivity index (χ0n) is 10.5. The topological polar surface area (TPSA) is 38.7 Å². The van der Waals surface area contributed by atoms with Crippen LogP contribution in [-0.4, -0.2) is 25.4 Å². The van der Waals surface area contributed by atoms with Crippen LogP contribution < -0.4 is 4.74 Å². The van der Waals surface area contributed by atoms with Crippen LogP contribution >= 0.6 is 0 Å². The molecule has 0 aliphatic carbocycles. The van der Waals surface area contributed by atoms with Gasteiger partial charge in [0.1, 0.15) is 5.75 Å². The number of aliphatic hydroxyl groups excluding tert-OH is 1. The minimum absolute atomic E-state index is 0.219. The van der Waals surface area contributed by atoms with Crippen molar-refractivity contribution < 1.29 is 14.6 Å². The predicted octanol–water partition coefficient (Wildman–Crippen LogP) is 2.46. The first-order valence-electron chi connectivity index (χ1n) is 6.12. The van der Waals surface area contributed by atoms with Crippen LogP contribution in [0, 0.1) is 12.8 Å². The smallest absolute Gasteiger partial charge is 0.121 e. The molecule has 1 heterocycles. The Balaban J connectivity index is 2.12. The van der Waals surface area contributed by atoms with Crippen molar-refractivity contribution in [2.45, 2.75) is 25.9 Å². The lowest BCUT2D eigenvalue weighted by atomic mass is 9.90. The zero-order valence-corrected chi connectivity index (χ0v) is 10.5. The molecule has 1 aliphatic rings. The van der Waals surface area contributed by atoms with E-state index in [9.17, 15) is 5.11 Å².